The van der Waals surface area contributed by atoms with E-state index in [1.54, 1.807) is 7.11 Å². The molecule has 2 rings (SSSR count). The number of aliphatic carboxylic acids is 1. The third-order valence-electron chi connectivity index (χ3n) is 4.81. The van der Waals surface area contributed by atoms with E-state index in [2.05, 4.69) is 10.6 Å². The lowest BCUT2D eigenvalue weighted by Gasteiger charge is -2.40. The standard InChI is InChI=1S/C14H24N2O4/c1-20-10-14(5-7-15-8-6-14)11(17)16-9-13(12(18)19)3-2-4-13/h15H,2-10H2,1H3,(H,16,17)(H,18,19). The minimum Gasteiger partial charge on any atom is -0.481 e. The number of rotatable bonds is 6. The molecule has 20 heavy (non-hydrogen) atoms. The molecule has 0 aromatic rings. The van der Waals surface area contributed by atoms with Gasteiger partial charge in [0.15, 0.2) is 0 Å². The Morgan fingerprint density at radius 1 is 1.20 bits per heavy atom. The monoisotopic (exact) mass is 284 g/mol. The van der Waals surface area contributed by atoms with E-state index in [4.69, 9.17) is 4.74 Å². The Balaban J connectivity index is 1.96. The molecular formula is C14H24N2O4. The molecule has 2 fully saturated rings. The predicted octanol–water partition coefficient (Wildman–Crippen LogP) is 0.374. The van der Waals surface area contributed by atoms with Gasteiger partial charge in [-0.3, -0.25) is 9.59 Å². The largest absolute Gasteiger partial charge is 0.481 e. The molecule has 0 radical (unpaired) electrons. The van der Waals surface area contributed by atoms with E-state index in [1.807, 2.05) is 0 Å². The van der Waals surface area contributed by atoms with Crippen LogP contribution in [0.4, 0.5) is 0 Å². The van der Waals surface area contributed by atoms with Gasteiger partial charge in [0, 0.05) is 13.7 Å². The summed E-state index contributed by atoms with van der Waals surface area (Å²) in [5, 5.41) is 15.4. The first-order chi connectivity index (χ1) is 9.55. The van der Waals surface area contributed by atoms with E-state index in [0.717, 1.165) is 32.4 Å². The van der Waals surface area contributed by atoms with Crippen molar-refractivity contribution < 1.29 is 19.4 Å². The second-order valence-electron chi connectivity index (χ2n) is 6.09. The predicted molar refractivity (Wildman–Crippen MR) is 73.3 cm³/mol. The molecule has 1 aliphatic carbocycles. The Morgan fingerprint density at radius 2 is 1.85 bits per heavy atom. The highest BCUT2D eigenvalue weighted by Gasteiger charge is 2.46. The van der Waals surface area contributed by atoms with E-state index < -0.39 is 16.8 Å². The number of hydrogen-bond acceptors (Lipinski definition) is 4. The topological polar surface area (TPSA) is 87.7 Å². The van der Waals surface area contributed by atoms with E-state index in [9.17, 15) is 14.7 Å². The van der Waals surface area contributed by atoms with Crippen LogP contribution in [0, 0.1) is 10.8 Å². The van der Waals surface area contributed by atoms with Crippen molar-refractivity contribution in [3.05, 3.63) is 0 Å². The number of hydrogen-bond donors (Lipinski definition) is 3. The van der Waals surface area contributed by atoms with Gasteiger partial charge in [-0.1, -0.05) is 6.42 Å². The highest BCUT2D eigenvalue weighted by atomic mass is 16.5. The summed E-state index contributed by atoms with van der Waals surface area (Å²) >= 11 is 0. The molecule has 1 saturated carbocycles. The third-order valence-corrected chi connectivity index (χ3v) is 4.81. The first kappa shape index (κ1) is 15.3. The number of methoxy groups -OCH3 is 1. The molecule has 6 heteroatoms. The van der Waals surface area contributed by atoms with Crippen molar-refractivity contribution in [2.75, 3.05) is 33.4 Å². The Morgan fingerprint density at radius 3 is 2.30 bits per heavy atom. The van der Waals surface area contributed by atoms with Gasteiger partial charge in [-0.15, -0.1) is 0 Å². The number of carboxylic acid groups (broad SMARTS) is 1. The summed E-state index contributed by atoms with van der Waals surface area (Å²) < 4.78 is 5.22. The fourth-order valence-electron chi connectivity index (χ4n) is 3.13. The normalized spacial score (nSPS) is 23.6. The second-order valence-corrected chi connectivity index (χ2v) is 6.09. The van der Waals surface area contributed by atoms with E-state index >= 15 is 0 Å². The van der Waals surface area contributed by atoms with Gasteiger partial charge in [-0.2, -0.15) is 0 Å². The summed E-state index contributed by atoms with van der Waals surface area (Å²) in [6.07, 6.45) is 3.69. The summed E-state index contributed by atoms with van der Waals surface area (Å²) in [4.78, 5) is 23.8. The van der Waals surface area contributed by atoms with Gasteiger partial charge in [0.05, 0.1) is 17.4 Å². The fourth-order valence-corrected chi connectivity index (χ4v) is 3.13. The number of nitrogens with one attached hydrogen (secondary N) is 2. The lowest BCUT2D eigenvalue weighted by Crippen LogP contribution is -2.54. The quantitative estimate of drug-likeness (QED) is 0.656. The molecule has 2 aliphatic rings. The first-order valence-corrected chi connectivity index (χ1v) is 7.26. The molecule has 1 saturated heterocycles. The zero-order valence-corrected chi connectivity index (χ0v) is 12.0. The summed E-state index contributed by atoms with van der Waals surface area (Å²) in [5.41, 5.74) is -1.25. The van der Waals surface area contributed by atoms with Crippen molar-refractivity contribution >= 4 is 11.9 Å². The lowest BCUT2D eigenvalue weighted by atomic mass is 9.68. The van der Waals surface area contributed by atoms with Gasteiger partial charge in [0.2, 0.25) is 5.91 Å². The molecule has 0 spiro atoms. The van der Waals surface area contributed by atoms with Crippen LogP contribution in [0.15, 0.2) is 0 Å². The molecule has 6 nitrogen and oxygen atoms in total. The molecule has 114 valence electrons. The van der Waals surface area contributed by atoms with Crippen molar-refractivity contribution in [1.82, 2.24) is 10.6 Å². The number of amides is 1. The molecule has 0 aromatic heterocycles. The van der Waals surface area contributed by atoms with E-state index in [1.165, 1.54) is 0 Å². The van der Waals surface area contributed by atoms with Crippen molar-refractivity contribution in [2.24, 2.45) is 10.8 Å². The Bertz CT molecular complexity index is 368. The van der Waals surface area contributed by atoms with Crippen LogP contribution in [-0.2, 0) is 14.3 Å². The number of carbonyl (C=O) groups is 2. The summed E-state index contributed by atoms with van der Waals surface area (Å²) in [6, 6.07) is 0. The van der Waals surface area contributed by atoms with Crippen LogP contribution in [0.5, 0.6) is 0 Å². The first-order valence-electron chi connectivity index (χ1n) is 7.26. The van der Waals surface area contributed by atoms with E-state index in [-0.39, 0.29) is 12.5 Å². The van der Waals surface area contributed by atoms with Crippen LogP contribution in [0.3, 0.4) is 0 Å². The highest BCUT2D eigenvalue weighted by Crippen LogP contribution is 2.41. The van der Waals surface area contributed by atoms with Crippen molar-refractivity contribution in [1.29, 1.82) is 0 Å². The zero-order valence-electron chi connectivity index (χ0n) is 12.0. The summed E-state index contributed by atoms with van der Waals surface area (Å²) in [7, 11) is 1.60. The third kappa shape index (κ3) is 2.81. The Kier molecular flexibility index (Phi) is 4.65. The maximum absolute atomic E-state index is 12.5. The molecule has 0 unspecified atom stereocenters. The van der Waals surface area contributed by atoms with Crippen LogP contribution in [0.1, 0.15) is 32.1 Å². The number of ether oxygens (including phenoxy) is 1. The van der Waals surface area contributed by atoms with Crippen LogP contribution in [-0.4, -0.2) is 50.3 Å². The zero-order chi connectivity index (χ0) is 14.6. The Hall–Kier alpha value is -1.14. The van der Waals surface area contributed by atoms with Crippen LogP contribution < -0.4 is 10.6 Å². The molecule has 1 heterocycles. The SMILES string of the molecule is COCC1(C(=O)NCC2(C(=O)O)CCC2)CCNCC1. The number of carboxylic acids is 1. The number of piperidine rings is 1. The van der Waals surface area contributed by atoms with E-state index in [0.29, 0.717) is 19.4 Å². The molecule has 1 amide bonds. The minimum absolute atomic E-state index is 0.0617. The van der Waals surface area contributed by atoms with Gasteiger partial charge >= 0.3 is 5.97 Å². The van der Waals surface area contributed by atoms with Crippen LogP contribution in [0.25, 0.3) is 0 Å². The molecular weight excluding hydrogens is 260 g/mol. The fraction of sp³-hybridized carbons (Fsp3) is 0.857. The van der Waals surface area contributed by atoms with Gasteiger partial charge in [0.1, 0.15) is 0 Å². The van der Waals surface area contributed by atoms with Crippen molar-refractivity contribution in [2.45, 2.75) is 32.1 Å². The minimum atomic E-state index is -0.796. The molecule has 0 atom stereocenters. The molecule has 3 N–H and O–H groups in total. The van der Waals surface area contributed by atoms with Crippen molar-refractivity contribution in [3.63, 3.8) is 0 Å². The summed E-state index contributed by atoms with van der Waals surface area (Å²) in [5.74, 6) is -0.858. The number of carbonyl (C=O) groups excluding carboxylic acids is 1. The average Bonchev–Trinajstić information content (AvgIpc) is 2.38. The molecule has 1 aliphatic heterocycles. The van der Waals surface area contributed by atoms with Crippen molar-refractivity contribution in [3.8, 4) is 0 Å². The van der Waals surface area contributed by atoms with Gasteiger partial charge in [0.25, 0.3) is 0 Å². The van der Waals surface area contributed by atoms with Gasteiger partial charge in [-0.25, -0.2) is 0 Å². The summed E-state index contributed by atoms with van der Waals surface area (Å²) in [6.45, 7) is 2.21. The second kappa shape index (κ2) is 6.10. The van der Waals surface area contributed by atoms with Gasteiger partial charge < -0.3 is 20.5 Å². The van der Waals surface area contributed by atoms with Crippen LogP contribution >= 0.6 is 0 Å². The highest BCUT2D eigenvalue weighted by molar-refractivity contribution is 5.84. The lowest BCUT2D eigenvalue weighted by molar-refractivity contribution is -0.155. The van der Waals surface area contributed by atoms with Crippen LogP contribution in [0.2, 0.25) is 0 Å². The maximum atomic E-state index is 12.5. The molecule has 0 aromatic carbocycles. The molecule has 0 bridgehead atoms. The van der Waals surface area contributed by atoms with Gasteiger partial charge in [-0.05, 0) is 38.8 Å². The Labute approximate surface area is 119 Å². The average molecular weight is 284 g/mol. The maximum Gasteiger partial charge on any atom is 0.311 e. The smallest absolute Gasteiger partial charge is 0.311 e.